The highest BCUT2D eigenvalue weighted by Crippen LogP contribution is 2.30. The van der Waals surface area contributed by atoms with Crippen molar-refractivity contribution < 1.29 is 9.47 Å². The van der Waals surface area contributed by atoms with E-state index in [4.69, 9.17) is 14.7 Å². The summed E-state index contributed by atoms with van der Waals surface area (Å²) in [6.07, 6.45) is 2.80. The van der Waals surface area contributed by atoms with Crippen LogP contribution in [0.2, 0.25) is 0 Å². The zero-order valence-electron chi connectivity index (χ0n) is 13.1. The number of nitrogens with one attached hydrogen (secondary N) is 1. The molecule has 0 bridgehead atoms. The fourth-order valence-electron chi connectivity index (χ4n) is 1.84. The first-order valence-electron chi connectivity index (χ1n) is 7.12. The summed E-state index contributed by atoms with van der Waals surface area (Å²) in [5, 5.41) is 15.5. The minimum Gasteiger partial charge on any atom is -0.493 e. The van der Waals surface area contributed by atoms with Gasteiger partial charge in [0.25, 0.3) is 0 Å². The highest BCUT2D eigenvalue weighted by atomic mass is 32.1. The van der Waals surface area contributed by atoms with E-state index in [2.05, 4.69) is 21.6 Å². The maximum atomic E-state index is 8.58. The van der Waals surface area contributed by atoms with Crippen LogP contribution in [0.1, 0.15) is 24.1 Å². The fourth-order valence-corrected chi connectivity index (χ4v) is 2.47. The van der Waals surface area contributed by atoms with Gasteiger partial charge in [0.15, 0.2) is 11.5 Å². The summed E-state index contributed by atoms with van der Waals surface area (Å²) in [5.74, 6) is 1.25. The molecule has 2 aromatic rings. The van der Waals surface area contributed by atoms with Crippen molar-refractivity contribution in [2.24, 2.45) is 5.10 Å². The molecule has 0 saturated carbocycles. The smallest absolute Gasteiger partial charge is 0.203 e. The molecule has 1 heterocycles. The number of ether oxygens (including phenoxy) is 2. The van der Waals surface area contributed by atoms with Gasteiger partial charge in [0.1, 0.15) is 0 Å². The highest BCUT2D eigenvalue weighted by Gasteiger charge is 2.09. The molecule has 0 aliphatic heterocycles. The molecule has 0 aliphatic rings. The number of anilines is 1. The van der Waals surface area contributed by atoms with Gasteiger partial charge in [0, 0.05) is 17.4 Å². The van der Waals surface area contributed by atoms with Crippen molar-refractivity contribution in [3.8, 4) is 17.6 Å². The zero-order chi connectivity index (χ0) is 16.5. The number of thiazole rings is 1. The number of benzene rings is 1. The van der Waals surface area contributed by atoms with Crippen molar-refractivity contribution in [1.29, 1.82) is 5.26 Å². The lowest BCUT2D eigenvalue weighted by atomic mass is 10.2. The van der Waals surface area contributed by atoms with Crippen molar-refractivity contribution in [2.45, 2.75) is 19.8 Å². The van der Waals surface area contributed by atoms with Crippen LogP contribution in [0.15, 0.2) is 28.7 Å². The van der Waals surface area contributed by atoms with Crippen LogP contribution in [0.5, 0.6) is 11.5 Å². The number of hydrogen-bond donors (Lipinski definition) is 1. The lowest BCUT2D eigenvalue weighted by molar-refractivity contribution is 0.290. The van der Waals surface area contributed by atoms with E-state index in [1.807, 2.05) is 30.5 Å². The van der Waals surface area contributed by atoms with Gasteiger partial charge in [-0.3, -0.25) is 5.43 Å². The first kappa shape index (κ1) is 16.8. The summed E-state index contributed by atoms with van der Waals surface area (Å²) in [6.45, 7) is 2.38. The zero-order valence-corrected chi connectivity index (χ0v) is 13.9. The van der Waals surface area contributed by atoms with E-state index in [-0.39, 0.29) is 0 Å². The van der Waals surface area contributed by atoms with Crippen molar-refractivity contribution in [3.63, 3.8) is 0 Å². The Hall–Kier alpha value is -2.59. The molecule has 7 heteroatoms. The molecular weight excluding hydrogens is 312 g/mol. The lowest BCUT2D eigenvalue weighted by Gasteiger charge is -2.12. The van der Waals surface area contributed by atoms with E-state index >= 15 is 0 Å². The first-order chi connectivity index (χ1) is 11.2. The predicted molar refractivity (Wildman–Crippen MR) is 91.4 cm³/mol. The van der Waals surface area contributed by atoms with Gasteiger partial charge in [-0.15, -0.1) is 11.3 Å². The van der Waals surface area contributed by atoms with Gasteiger partial charge in [-0.05, 0) is 25.5 Å². The minimum atomic E-state index is 0.452. The molecule has 0 radical (unpaired) electrons. The number of methoxy groups -OCH3 is 1. The molecule has 0 saturated heterocycles. The van der Waals surface area contributed by atoms with Crippen molar-refractivity contribution in [2.75, 3.05) is 19.1 Å². The highest BCUT2D eigenvalue weighted by molar-refractivity contribution is 7.13. The Morgan fingerprint density at radius 1 is 1.48 bits per heavy atom. The lowest BCUT2D eigenvalue weighted by Crippen LogP contribution is -2.02. The summed E-state index contributed by atoms with van der Waals surface area (Å²) in [4.78, 5) is 4.28. The van der Waals surface area contributed by atoms with Crippen LogP contribution in [0.25, 0.3) is 0 Å². The van der Waals surface area contributed by atoms with Gasteiger partial charge >= 0.3 is 0 Å². The molecule has 0 atom stereocenters. The number of nitriles is 1. The second-order valence-corrected chi connectivity index (χ2v) is 5.51. The van der Waals surface area contributed by atoms with E-state index in [0.29, 0.717) is 30.9 Å². The third-order valence-corrected chi connectivity index (χ3v) is 3.76. The average molecular weight is 330 g/mol. The number of hydrogen-bond acceptors (Lipinski definition) is 7. The quantitative estimate of drug-likeness (QED) is 0.454. The topological polar surface area (TPSA) is 79.5 Å². The van der Waals surface area contributed by atoms with Crippen LogP contribution >= 0.6 is 11.3 Å². The van der Waals surface area contributed by atoms with Crippen molar-refractivity contribution in [1.82, 2.24) is 4.98 Å². The van der Waals surface area contributed by atoms with Gasteiger partial charge in [-0.2, -0.15) is 10.4 Å². The molecular formula is C16H18N4O2S. The largest absolute Gasteiger partial charge is 0.493 e. The minimum absolute atomic E-state index is 0.452. The number of rotatable bonds is 8. The number of aryl methyl sites for hydroxylation is 1. The van der Waals surface area contributed by atoms with Crippen LogP contribution in [0, 0.1) is 18.3 Å². The maximum Gasteiger partial charge on any atom is 0.203 e. The van der Waals surface area contributed by atoms with Crippen LogP contribution in [0.3, 0.4) is 0 Å². The van der Waals surface area contributed by atoms with Gasteiger partial charge in [-0.1, -0.05) is 6.07 Å². The Morgan fingerprint density at radius 2 is 2.35 bits per heavy atom. The van der Waals surface area contributed by atoms with Crippen LogP contribution in [-0.4, -0.2) is 24.9 Å². The molecule has 1 aromatic carbocycles. The molecule has 23 heavy (non-hydrogen) atoms. The molecule has 0 aliphatic carbocycles. The van der Waals surface area contributed by atoms with Gasteiger partial charge in [0.05, 0.1) is 31.7 Å². The standard InChI is InChI=1S/C16H18N4O2S/c1-12-11-23-16(19-12)20-18-10-13-6-5-7-14(21-2)15(13)22-9-4-3-8-17/h5-7,10-11H,3-4,9H2,1-2H3,(H,19,20). The summed E-state index contributed by atoms with van der Waals surface area (Å²) in [5.41, 5.74) is 4.64. The normalized spacial score (nSPS) is 10.5. The summed E-state index contributed by atoms with van der Waals surface area (Å²) >= 11 is 1.49. The molecule has 1 aromatic heterocycles. The Morgan fingerprint density at radius 3 is 3.04 bits per heavy atom. The number of para-hydroxylation sites is 1. The Bertz CT molecular complexity index is 706. The molecule has 0 amide bonds. The van der Waals surface area contributed by atoms with E-state index in [9.17, 15) is 0 Å². The SMILES string of the molecule is COc1cccc(C=NNc2nc(C)cs2)c1OCCCC#N. The van der Waals surface area contributed by atoms with E-state index in [0.717, 1.165) is 16.4 Å². The number of unbranched alkanes of at least 4 members (excludes halogenated alkanes) is 1. The molecule has 2 rings (SSSR count). The third-order valence-electron chi connectivity index (χ3n) is 2.89. The second-order valence-electron chi connectivity index (χ2n) is 4.65. The monoisotopic (exact) mass is 330 g/mol. The maximum absolute atomic E-state index is 8.58. The fraction of sp³-hybridized carbons (Fsp3) is 0.312. The third kappa shape index (κ3) is 4.97. The van der Waals surface area contributed by atoms with Gasteiger partial charge < -0.3 is 9.47 Å². The van der Waals surface area contributed by atoms with E-state index in [1.54, 1.807) is 13.3 Å². The van der Waals surface area contributed by atoms with Gasteiger partial charge in [-0.25, -0.2) is 4.98 Å². The van der Waals surface area contributed by atoms with Crippen LogP contribution in [-0.2, 0) is 0 Å². The summed E-state index contributed by atoms with van der Waals surface area (Å²) in [6, 6.07) is 7.69. The molecule has 120 valence electrons. The average Bonchev–Trinajstić information content (AvgIpc) is 2.97. The van der Waals surface area contributed by atoms with Crippen molar-refractivity contribution in [3.05, 3.63) is 34.8 Å². The predicted octanol–water partition coefficient (Wildman–Crippen LogP) is 3.59. The molecule has 0 fully saturated rings. The Balaban J connectivity index is 2.08. The van der Waals surface area contributed by atoms with E-state index in [1.165, 1.54) is 11.3 Å². The van der Waals surface area contributed by atoms with E-state index < -0.39 is 0 Å². The second kappa shape index (κ2) is 8.76. The van der Waals surface area contributed by atoms with Gasteiger partial charge in [0.2, 0.25) is 5.13 Å². The van der Waals surface area contributed by atoms with Crippen molar-refractivity contribution >= 4 is 22.7 Å². The molecule has 6 nitrogen and oxygen atoms in total. The number of nitrogens with zero attached hydrogens (tertiary/aromatic N) is 3. The first-order valence-corrected chi connectivity index (χ1v) is 8.00. The summed E-state index contributed by atoms with van der Waals surface area (Å²) in [7, 11) is 1.59. The summed E-state index contributed by atoms with van der Waals surface area (Å²) < 4.78 is 11.1. The molecule has 0 spiro atoms. The van der Waals surface area contributed by atoms with Crippen LogP contribution < -0.4 is 14.9 Å². The number of aromatic nitrogens is 1. The Kier molecular flexibility index (Phi) is 6.39. The Labute approximate surface area is 139 Å². The molecule has 1 N–H and O–H groups in total. The van der Waals surface area contributed by atoms with Crippen LogP contribution in [0.4, 0.5) is 5.13 Å². The molecule has 0 unspecified atom stereocenters. The number of hydrazone groups is 1.